The van der Waals surface area contributed by atoms with Gasteiger partial charge in [-0.2, -0.15) is 10.2 Å². The minimum absolute atomic E-state index is 0.136. The molecule has 8 nitrogen and oxygen atoms in total. The van der Waals surface area contributed by atoms with E-state index in [2.05, 4.69) is 25.8 Å². The number of anilines is 1. The molecule has 128 valence electrons. The molecule has 0 unspecified atom stereocenters. The molecule has 0 atom stereocenters. The molecule has 0 aliphatic rings. The van der Waals surface area contributed by atoms with Crippen LogP contribution in [0.2, 0.25) is 0 Å². The van der Waals surface area contributed by atoms with Gasteiger partial charge in [0.05, 0.1) is 18.7 Å². The summed E-state index contributed by atoms with van der Waals surface area (Å²) in [6.07, 6.45) is 0.136. The highest BCUT2D eigenvalue weighted by atomic mass is 16.5. The van der Waals surface area contributed by atoms with Crippen LogP contribution in [0.4, 0.5) is 5.82 Å². The van der Waals surface area contributed by atoms with Crippen LogP contribution in [0.5, 0.6) is 0 Å². The van der Waals surface area contributed by atoms with E-state index in [1.165, 1.54) is 0 Å². The van der Waals surface area contributed by atoms with Gasteiger partial charge in [-0.05, 0) is 52.3 Å². The van der Waals surface area contributed by atoms with Crippen molar-refractivity contribution in [2.45, 2.75) is 41.0 Å². The van der Waals surface area contributed by atoms with E-state index in [1.807, 2.05) is 26.8 Å². The maximum absolute atomic E-state index is 11.4. The average molecular weight is 330 g/mol. The van der Waals surface area contributed by atoms with Crippen molar-refractivity contribution in [3.05, 3.63) is 29.1 Å². The molecule has 0 fully saturated rings. The van der Waals surface area contributed by atoms with E-state index < -0.39 is 0 Å². The number of hydrogen-bond donors (Lipinski definition) is 1. The number of aryl methyl sites for hydroxylation is 1. The number of hydrogen-bond acceptors (Lipinski definition) is 7. The third-order valence-corrected chi connectivity index (χ3v) is 3.59. The van der Waals surface area contributed by atoms with Crippen LogP contribution in [0, 0.1) is 20.8 Å². The minimum atomic E-state index is -0.304. The molecule has 2 aromatic heterocycles. The van der Waals surface area contributed by atoms with E-state index in [4.69, 9.17) is 4.74 Å². The normalized spacial score (nSPS) is 11.5. The summed E-state index contributed by atoms with van der Waals surface area (Å²) in [5.41, 5.74) is 6.52. The number of rotatable bonds is 6. The largest absolute Gasteiger partial charge is 0.466 e. The second-order valence-electron chi connectivity index (χ2n) is 5.43. The molecule has 0 spiro atoms. The van der Waals surface area contributed by atoms with Gasteiger partial charge in [0, 0.05) is 11.4 Å². The first-order valence-corrected chi connectivity index (χ1v) is 7.74. The average Bonchev–Trinajstić information content (AvgIpc) is 2.81. The SMILES string of the molecule is CCOC(=O)C/C(C)=N/Nc1ccc(-n2nc(C)c(C)c2C)nn1. The summed E-state index contributed by atoms with van der Waals surface area (Å²) in [5, 5.41) is 16.8. The van der Waals surface area contributed by atoms with Crippen molar-refractivity contribution in [1.82, 2.24) is 20.0 Å². The van der Waals surface area contributed by atoms with Gasteiger partial charge in [-0.15, -0.1) is 10.2 Å². The van der Waals surface area contributed by atoms with Gasteiger partial charge in [-0.3, -0.25) is 10.2 Å². The molecule has 0 saturated heterocycles. The fourth-order valence-electron chi connectivity index (χ4n) is 2.05. The molecule has 0 aliphatic carbocycles. The van der Waals surface area contributed by atoms with Crippen LogP contribution in [0.15, 0.2) is 17.2 Å². The van der Waals surface area contributed by atoms with Crippen molar-refractivity contribution in [3.8, 4) is 5.82 Å². The smallest absolute Gasteiger partial charge is 0.311 e. The predicted molar refractivity (Wildman–Crippen MR) is 91.3 cm³/mol. The van der Waals surface area contributed by atoms with Crippen LogP contribution in [-0.2, 0) is 9.53 Å². The number of esters is 1. The highest BCUT2D eigenvalue weighted by Crippen LogP contribution is 2.15. The van der Waals surface area contributed by atoms with Crippen LogP contribution in [0.25, 0.3) is 5.82 Å². The maximum atomic E-state index is 11.4. The fraction of sp³-hybridized carbons (Fsp3) is 0.438. The lowest BCUT2D eigenvalue weighted by atomic mass is 10.2. The van der Waals surface area contributed by atoms with E-state index in [-0.39, 0.29) is 12.4 Å². The lowest BCUT2D eigenvalue weighted by Gasteiger charge is -2.05. The molecule has 2 rings (SSSR count). The molecule has 0 saturated carbocycles. The first kappa shape index (κ1) is 17.6. The number of carbonyl (C=O) groups excluding carboxylic acids is 1. The summed E-state index contributed by atoms with van der Waals surface area (Å²) < 4.78 is 6.63. The summed E-state index contributed by atoms with van der Waals surface area (Å²) in [6.45, 7) is 9.85. The molecular formula is C16H22N6O2. The number of carbonyl (C=O) groups is 1. The molecule has 2 heterocycles. The molecule has 0 radical (unpaired) electrons. The van der Waals surface area contributed by atoms with E-state index in [9.17, 15) is 4.79 Å². The Morgan fingerprint density at radius 3 is 2.58 bits per heavy atom. The van der Waals surface area contributed by atoms with Gasteiger partial charge in [-0.25, -0.2) is 4.68 Å². The zero-order valence-electron chi connectivity index (χ0n) is 14.6. The molecular weight excluding hydrogens is 308 g/mol. The van der Waals surface area contributed by atoms with Crippen LogP contribution in [-0.4, -0.2) is 38.3 Å². The van der Waals surface area contributed by atoms with Crippen LogP contribution >= 0.6 is 0 Å². The van der Waals surface area contributed by atoms with Crippen molar-refractivity contribution in [2.24, 2.45) is 5.10 Å². The number of hydrazone groups is 1. The van der Waals surface area contributed by atoms with Crippen LogP contribution in [0.3, 0.4) is 0 Å². The zero-order chi connectivity index (χ0) is 17.7. The molecule has 0 amide bonds. The number of aromatic nitrogens is 4. The molecule has 0 aliphatic heterocycles. The van der Waals surface area contributed by atoms with E-state index >= 15 is 0 Å². The second-order valence-corrected chi connectivity index (χ2v) is 5.43. The van der Waals surface area contributed by atoms with Gasteiger partial charge < -0.3 is 4.74 Å². The van der Waals surface area contributed by atoms with E-state index in [0.29, 0.717) is 24.0 Å². The molecule has 0 bridgehead atoms. The number of nitrogens with zero attached hydrogens (tertiary/aromatic N) is 5. The maximum Gasteiger partial charge on any atom is 0.311 e. The fourth-order valence-corrected chi connectivity index (χ4v) is 2.05. The van der Waals surface area contributed by atoms with Gasteiger partial charge in [0.15, 0.2) is 11.6 Å². The summed E-state index contributed by atoms with van der Waals surface area (Å²) in [4.78, 5) is 11.4. The summed E-state index contributed by atoms with van der Waals surface area (Å²) in [7, 11) is 0. The Labute approximate surface area is 140 Å². The monoisotopic (exact) mass is 330 g/mol. The number of nitrogens with one attached hydrogen (secondary N) is 1. The lowest BCUT2D eigenvalue weighted by molar-refractivity contribution is -0.141. The zero-order valence-corrected chi connectivity index (χ0v) is 14.6. The van der Waals surface area contributed by atoms with Gasteiger partial charge in [0.2, 0.25) is 0 Å². The highest BCUT2D eigenvalue weighted by molar-refractivity contribution is 5.97. The van der Waals surface area contributed by atoms with Crippen molar-refractivity contribution in [3.63, 3.8) is 0 Å². The third kappa shape index (κ3) is 4.15. The molecule has 8 heteroatoms. The lowest BCUT2D eigenvalue weighted by Crippen LogP contribution is -2.10. The molecule has 24 heavy (non-hydrogen) atoms. The standard InChI is InChI=1S/C16H22N6O2/c1-6-24-16(23)9-10(2)17-18-14-7-8-15(20-19-14)22-13(5)11(3)12(4)21-22/h7-8H,6,9H2,1-5H3,(H,18,19)/b17-10+. The van der Waals surface area contributed by atoms with Crippen LogP contribution < -0.4 is 5.43 Å². The Morgan fingerprint density at radius 2 is 2.04 bits per heavy atom. The Balaban J connectivity index is 2.04. The Bertz CT molecular complexity index is 749. The van der Waals surface area contributed by atoms with Gasteiger partial charge in [-0.1, -0.05) is 0 Å². The van der Waals surface area contributed by atoms with E-state index in [1.54, 1.807) is 24.6 Å². The Hall–Kier alpha value is -2.77. The van der Waals surface area contributed by atoms with Crippen molar-refractivity contribution in [1.29, 1.82) is 0 Å². The van der Waals surface area contributed by atoms with Crippen LogP contribution in [0.1, 0.15) is 37.2 Å². The quantitative estimate of drug-likeness (QED) is 0.496. The summed E-state index contributed by atoms with van der Waals surface area (Å²) >= 11 is 0. The third-order valence-electron chi connectivity index (χ3n) is 3.59. The van der Waals surface area contributed by atoms with Gasteiger partial charge in [0.1, 0.15) is 0 Å². The second kappa shape index (κ2) is 7.67. The summed E-state index contributed by atoms with van der Waals surface area (Å²) in [6, 6.07) is 3.57. The predicted octanol–water partition coefficient (Wildman–Crippen LogP) is 2.33. The van der Waals surface area contributed by atoms with Crippen molar-refractivity contribution >= 4 is 17.5 Å². The molecule has 1 N–H and O–H groups in total. The molecule has 2 aromatic rings. The first-order chi connectivity index (χ1) is 11.4. The minimum Gasteiger partial charge on any atom is -0.466 e. The Kier molecular flexibility index (Phi) is 5.62. The van der Waals surface area contributed by atoms with Crippen molar-refractivity contribution in [2.75, 3.05) is 12.0 Å². The number of ether oxygens (including phenoxy) is 1. The first-order valence-electron chi connectivity index (χ1n) is 7.74. The Morgan fingerprint density at radius 1 is 1.29 bits per heavy atom. The topological polar surface area (TPSA) is 94.3 Å². The van der Waals surface area contributed by atoms with E-state index in [0.717, 1.165) is 17.0 Å². The van der Waals surface area contributed by atoms with Gasteiger partial charge in [0.25, 0.3) is 0 Å². The van der Waals surface area contributed by atoms with Gasteiger partial charge >= 0.3 is 5.97 Å². The highest BCUT2D eigenvalue weighted by Gasteiger charge is 2.10. The molecule has 0 aromatic carbocycles. The summed E-state index contributed by atoms with van der Waals surface area (Å²) in [5.74, 6) is 0.823. The van der Waals surface area contributed by atoms with Crippen molar-refractivity contribution < 1.29 is 9.53 Å².